The molecule has 2 aromatic rings. The van der Waals surface area contributed by atoms with E-state index in [2.05, 4.69) is 10.6 Å². The fourth-order valence-electron chi connectivity index (χ4n) is 2.03. The zero-order valence-electron chi connectivity index (χ0n) is 12.0. The van der Waals surface area contributed by atoms with Crippen molar-refractivity contribution in [2.75, 3.05) is 18.1 Å². The minimum atomic E-state index is -0.235. The lowest BCUT2D eigenvalue weighted by Gasteiger charge is -2.08. The molecular weight excluding hydrogens is 268 g/mol. The van der Waals surface area contributed by atoms with Gasteiger partial charge in [-0.15, -0.1) is 0 Å². The number of hydrogen-bond donors (Lipinski definition) is 3. The summed E-state index contributed by atoms with van der Waals surface area (Å²) in [6, 6.07) is 8.32. The minimum absolute atomic E-state index is 0.166. The molecule has 0 aliphatic rings. The highest BCUT2D eigenvalue weighted by atomic mass is 16.2. The number of nitrogens with zero attached hydrogens (tertiary/aromatic N) is 1. The maximum Gasteiger partial charge on any atom is 0.272 e. The Hall–Kier alpha value is -2.76. The molecule has 1 heterocycles. The molecule has 0 radical (unpaired) electrons. The topological polar surface area (TPSA) is 89.2 Å². The predicted molar refractivity (Wildman–Crippen MR) is 82.3 cm³/mol. The Balaban J connectivity index is 2.14. The number of nitrogen functional groups attached to an aromatic ring is 1. The van der Waals surface area contributed by atoms with Crippen LogP contribution in [0.5, 0.6) is 0 Å². The lowest BCUT2D eigenvalue weighted by molar-refractivity contribution is 0.0962. The van der Waals surface area contributed by atoms with Crippen LogP contribution >= 0.6 is 0 Å². The first kappa shape index (κ1) is 14.6. The first-order chi connectivity index (χ1) is 10.0. The molecule has 2 amide bonds. The molecule has 0 saturated carbocycles. The molecule has 2 rings (SSSR count). The van der Waals surface area contributed by atoms with Crippen LogP contribution in [0.3, 0.4) is 0 Å². The summed E-state index contributed by atoms with van der Waals surface area (Å²) >= 11 is 0. The number of rotatable bonds is 4. The summed E-state index contributed by atoms with van der Waals surface area (Å²) in [5.74, 6) is -0.401. The highest BCUT2D eigenvalue weighted by Gasteiger charge is 2.12. The van der Waals surface area contributed by atoms with E-state index in [9.17, 15) is 9.59 Å². The molecule has 0 fully saturated rings. The van der Waals surface area contributed by atoms with Crippen LogP contribution in [0.4, 0.5) is 11.4 Å². The van der Waals surface area contributed by atoms with Gasteiger partial charge in [-0.3, -0.25) is 9.59 Å². The van der Waals surface area contributed by atoms with Gasteiger partial charge in [0.05, 0.1) is 5.69 Å². The van der Waals surface area contributed by atoms with Crippen molar-refractivity contribution in [2.45, 2.75) is 13.5 Å². The fraction of sp³-hybridized carbons (Fsp3) is 0.200. The molecular formula is C15H18N4O2. The van der Waals surface area contributed by atoms with Gasteiger partial charge in [0.1, 0.15) is 5.69 Å². The van der Waals surface area contributed by atoms with Gasteiger partial charge in [-0.25, -0.2) is 0 Å². The van der Waals surface area contributed by atoms with Crippen LogP contribution in [0, 0.1) is 0 Å². The molecule has 21 heavy (non-hydrogen) atoms. The normalized spacial score (nSPS) is 10.2. The standard InChI is InChI=1S/C15H18N4O2/c1-3-19-9-11(16)8-13(19)15(21)18-12-6-4-10(5-7-12)14(20)17-2/h4-9H,3,16H2,1-2H3,(H,17,20)(H,18,21). The quantitative estimate of drug-likeness (QED) is 0.799. The SMILES string of the molecule is CCn1cc(N)cc1C(=O)Nc1ccc(C(=O)NC)cc1. The summed E-state index contributed by atoms with van der Waals surface area (Å²) in [5.41, 5.74) is 7.93. The predicted octanol–water partition coefficient (Wildman–Crippen LogP) is 1.70. The summed E-state index contributed by atoms with van der Waals surface area (Å²) in [5, 5.41) is 5.33. The Labute approximate surface area is 122 Å². The largest absolute Gasteiger partial charge is 0.397 e. The molecule has 0 spiro atoms. The van der Waals surface area contributed by atoms with Crippen molar-refractivity contribution < 1.29 is 9.59 Å². The van der Waals surface area contributed by atoms with Gasteiger partial charge < -0.3 is 20.9 Å². The van der Waals surface area contributed by atoms with E-state index in [1.54, 1.807) is 48.1 Å². The van der Waals surface area contributed by atoms with Crippen molar-refractivity contribution in [1.82, 2.24) is 9.88 Å². The monoisotopic (exact) mass is 286 g/mol. The molecule has 1 aromatic heterocycles. The van der Waals surface area contributed by atoms with Crippen molar-refractivity contribution in [1.29, 1.82) is 0 Å². The third-order valence-electron chi connectivity index (χ3n) is 3.12. The van der Waals surface area contributed by atoms with Gasteiger partial charge in [-0.1, -0.05) is 0 Å². The molecule has 4 N–H and O–H groups in total. The average molecular weight is 286 g/mol. The van der Waals surface area contributed by atoms with Gasteiger partial charge in [0.15, 0.2) is 0 Å². The second-order valence-electron chi connectivity index (χ2n) is 4.56. The number of nitrogens with two attached hydrogens (primary N) is 1. The third kappa shape index (κ3) is 3.22. The molecule has 0 aliphatic heterocycles. The van der Waals surface area contributed by atoms with Crippen molar-refractivity contribution in [3.05, 3.63) is 47.8 Å². The fourth-order valence-corrected chi connectivity index (χ4v) is 2.03. The summed E-state index contributed by atoms with van der Waals surface area (Å²) < 4.78 is 1.78. The van der Waals surface area contributed by atoms with Crippen molar-refractivity contribution in [2.24, 2.45) is 0 Å². The van der Waals surface area contributed by atoms with E-state index < -0.39 is 0 Å². The molecule has 0 atom stereocenters. The van der Waals surface area contributed by atoms with Crippen molar-refractivity contribution >= 4 is 23.2 Å². The summed E-state index contributed by atoms with van der Waals surface area (Å²) in [6.45, 7) is 2.60. The molecule has 0 unspecified atom stereocenters. The Morgan fingerprint density at radius 1 is 1.19 bits per heavy atom. The number of hydrogen-bond acceptors (Lipinski definition) is 3. The zero-order chi connectivity index (χ0) is 15.4. The number of amides is 2. The van der Waals surface area contributed by atoms with Gasteiger partial charge in [0, 0.05) is 31.0 Å². The number of carbonyl (C=O) groups is 2. The smallest absolute Gasteiger partial charge is 0.272 e. The number of benzene rings is 1. The van der Waals surface area contributed by atoms with E-state index in [0.717, 1.165) is 0 Å². The Bertz CT molecular complexity index is 659. The summed E-state index contributed by atoms with van der Waals surface area (Å²) in [6.07, 6.45) is 1.73. The lowest BCUT2D eigenvalue weighted by atomic mass is 10.2. The first-order valence-corrected chi connectivity index (χ1v) is 6.64. The number of aryl methyl sites for hydroxylation is 1. The van der Waals surface area contributed by atoms with Gasteiger partial charge in [-0.2, -0.15) is 0 Å². The second kappa shape index (κ2) is 6.13. The van der Waals surface area contributed by atoms with Crippen LogP contribution in [0.15, 0.2) is 36.5 Å². The maximum atomic E-state index is 12.2. The summed E-state index contributed by atoms with van der Waals surface area (Å²) in [7, 11) is 1.57. The number of carbonyl (C=O) groups excluding carboxylic acids is 2. The van der Waals surface area contributed by atoms with Gasteiger partial charge in [-0.05, 0) is 37.3 Å². The van der Waals surface area contributed by atoms with Crippen LogP contribution in [0.2, 0.25) is 0 Å². The molecule has 6 heteroatoms. The highest BCUT2D eigenvalue weighted by molar-refractivity contribution is 6.04. The van der Waals surface area contributed by atoms with E-state index in [0.29, 0.717) is 29.2 Å². The van der Waals surface area contributed by atoms with Crippen LogP contribution in [-0.2, 0) is 6.54 Å². The highest BCUT2D eigenvalue weighted by Crippen LogP contribution is 2.14. The van der Waals surface area contributed by atoms with Crippen LogP contribution in [-0.4, -0.2) is 23.4 Å². The van der Waals surface area contributed by atoms with Gasteiger partial charge in [0.2, 0.25) is 0 Å². The van der Waals surface area contributed by atoms with E-state index >= 15 is 0 Å². The van der Waals surface area contributed by atoms with Crippen LogP contribution < -0.4 is 16.4 Å². The number of anilines is 2. The van der Waals surface area contributed by atoms with E-state index in [4.69, 9.17) is 5.73 Å². The van der Waals surface area contributed by atoms with E-state index in [1.165, 1.54) is 0 Å². The number of aromatic nitrogens is 1. The molecule has 0 saturated heterocycles. The average Bonchev–Trinajstić information content (AvgIpc) is 2.88. The van der Waals surface area contributed by atoms with Gasteiger partial charge in [0.25, 0.3) is 11.8 Å². The number of nitrogens with one attached hydrogen (secondary N) is 2. The first-order valence-electron chi connectivity index (χ1n) is 6.64. The molecule has 1 aromatic carbocycles. The van der Waals surface area contributed by atoms with Crippen LogP contribution in [0.1, 0.15) is 27.8 Å². The lowest BCUT2D eigenvalue weighted by Crippen LogP contribution is -2.18. The Morgan fingerprint density at radius 2 is 1.86 bits per heavy atom. The molecule has 6 nitrogen and oxygen atoms in total. The third-order valence-corrected chi connectivity index (χ3v) is 3.12. The van der Waals surface area contributed by atoms with Gasteiger partial charge >= 0.3 is 0 Å². The summed E-state index contributed by atoms with van der Waals surface area (Å²) in [4.78, 5) is 23.7. The Morgan fingerprint density at radius 3 is 2.43 bits per heavy atom. The van der Waals surface area contributed by atoms with E-state index in [-0.39, 0.29) is 11.8 Å². The second-order valence-corrected chi connectivity index (χ2v) is 4.56. The molecule has 0 bridgehead atoms. The minimum Gasteiger partial charge on any atom is -0.397 e. The molecule has 0 aliphatic carbocycles. The van der Waals surface area contributed by atoms with Crippen LogP contribution in [0.25, 0.3) is 0 Å². The van der Waals surface area contributed by atoms with Crippen molar-refractivity contribution in [3.63, 3.8) is 0 Å². The molecule has 110 valence electrons. The van der Waals surface area contributed by atoms with E-state index in [1.807, 2.05) is 6.92 Å². The maximum absolute atomic E-state index is 12.2. The van der Waals surface area contributed by atoms with Crippen molar-refractivity contribution in [3.8, 4) is 0 Å². The zero-order valence-corrected chi connectivity index (χ0v) is 12.0. The Kier molecular flexibility index (Phi) is 4.27.